The highest BCUT2D eigenvalue weighted by atomic mass is 16.3. The quantitative estimate of drug-likeness (QED) is 0.744. The standard InChI is InChI=1S/C14H30N2O/c1-12(2)9-15-14(11-17)5-7-16(8-6-14)10-13(3)4/h12-13,15,17H,5-11H2,1-4H3. The van der Waals surface area contributed by atoms with Crippen LogP contribution in [0.4, 0.5) is 0 Å². The molecule has 3 heteroatoms. The first-order valence-corrected chi connectivity index (χ1v) is 7.06. The van der Waals surface area contributed by atoms with Crippen molar-refractivity contribution in [1.82, 2.24) is 10.2 Å². The van der Waals surface area contributed by atoms with Crippen LogP contribution in [0.15, 0.2) is 0 Å². The molecule has 0 aromatic rings. The van der Waals surface area contributed by atoms with Crippen LogP contribution in [0.5, 0.6) is 0 Å². The maximum Gasteiger partial charge on any atom is 0.0614 e. The average Bonchev–Trinajstić information content (AvgIpc) is 2.28. The summed E-state index contributed by atoms with van der Waals surface area (Å²) in [6.07, 6.45) is 2.14. The fourth-order valence-corrected chi connectivity index (χ4v) is 2.49. The second-order valence-electron chi connectivity index (χ2n) is 6.41. The van der Waals surface area contributed by atoms with Crippen molar-refractivity contribution in [3.8, 4) is 0 Å². The number of aliphatic hydroxyl groups excluding tert-OH is 1. The molecule has 0 radical (unpaired) electrons. The second-order valence-corrected chi connectivity index (χ2v) is 6.41. The van der Waals surface area contributed by atoms with Crippen LogP contribution >= 0.6 is 0 Å². The van der Waals surface area contributed by atoms with Gasteiger partial charge in [-0.1, -0.05) is 27.7 Å². The fourth-order valence-electron chi connectivity index (χ4n) is 2.49. The van der Waals surface area contributed by atoms with Gasteiger partial charge >= 0.3 is 0 Å². The Hall–Kier alpha value is -0.120. The third-order valence-corrected chi connectivity index (χ3v) is 3.62. The van der Waals surface area contributed by atoms with Gasteiger partial charge in [-0.15, -0.1) is 0 Å². The topological polar surface area (TPSA) is 35.5 Å². The van der Waals surface area contributed by atoms with Gasteiger partial charge in [-0.3, -0.25) is 0 Å². The molecule has 1 aliphatic rings. The first-order valence-electron chi connectivity index (χ1n) is 7.06. The van der Waals surface area contributed by atoms with Crippen LogP contribution in [-0.2, 0) is 0 Å². The summed E-state index contributed by atoms with van der Waals surface area (Å²) in [6.45, 7) is 13.7. The lowest BCUT2D eigenvalue weighted by Gasteiger charge is -2.42. The molecule has 1 heterocycles. The summed E-state index contributed by atoms with van der Waals surface area (Å²) in [6, 6.07) is 0. The largest absolute Gasteiger partial charge is 0.394 e. The van der Waals surface area contributed by atoms with E-state index in [1.54, 1.807) is 0 Å². The van der Waals surface area contributed by atoms with Crippen LogP contribution in [0.2, 0.25) is 0 Å². The zero-order chi connectivity index (χ0) is 12.9. The Bertz CT molecular complexity index is 208. The molecule has 1 fully saturated rings. The summed E-state index contributed by atoms with van der Waals surface area (Å²) in [4.78, 5) is 2.52. The van der Waals surface area contributed by atoms with E-state index in [0.29, 0.717) is 5.92 Å². The molecule has 0 unspecified atom stereocenters. The lowest BCUT2D eigenvalue weighted by Crippen LogP contribution is -2.56. The van der Waals surface area contributed by atoms with Gasteiger partial charge in [-0.25, -0.2) is 0 Å². The molecule has 0 saturated carbocycles. The van der Waals surface area contributed by atoms with Crippen LogP contribution in [0.3, 0.4) is 0 Å². The van der Waals surface area contributed by atoms with Crippen molar-refractivity contribution in [2.24, 2.45) is 11.8 Å². The number of piperidine rings is 1. The Morgan fingerprint density at radius 3 is 2.12 bits per heavy atom. The smallest absolute Gasteiger partial charge is 0.0614 e. The van der Waals surface area contributed by atoms with E-state index in [1.807, 2.05) is 0 Å². The van der Waals surface area contributed by atoms with Gasteiger partial charge in [0.2, 0.25) is 0 Å². The number of aliphatic hydroxyl groups is 1. The van der Waals surface area contributed by atoms with Gasteiger partial charge < -0.3 is 15.3 Å². The molecule has 0 atom stereocenters. The van der Waals surface area contributed by atoms with Crippen LogP contribution in [0.1, 0.15) is 40.5 Å². The van der Waals surface area contributed by atoms with Crippen molar-refractivity contribution in [2.75, 3.05) is 32.8 Å². The first kappa shape index (κ1) is 14.9. The van der Waals surface area contributed by atoms with Gasteiger partial charge in [0.15, 0.2) is 0 Å². The van der Waals surface area contributed by atoms with Gasteiger partial charge in [0.1, 0.15) is 0 Å². The SMILES string of the molecule is CC(C)CNC1(CO)CCN(CC(C)C)CC1. The number of nitrogens with one attached hydrogen (secondary N) is 1. The number of hydrogen-bond donors (Lipinski definition) is 2. The van der Waals surface area contributed by atoms with Crippen LogP contribution in [0, 0.1) is 11.8 Å². The minimum atomic E-state index is -0.0161. The molecule has 0 spiro atoms. The molecular weight excluding hydrogens is 212 g/mol. The number of hydrogen-bond acceptors (Lipinski definition) is 3. The number of rotatable bonds is 6. The number of likely N-dealkylation sites (tertiary alicyclic amines) is 1. The molecule has 1 aliphatic heterocycles. The molecule has 2 N–H and O–H groups in total. The Balaban J connectivity index is 2.39. The van der Waals surface area contributed by atoms with Gasteiger partial charge in [0.05, 0.1) is 6.61 Å². The summed E-state index contributed by atoms with van der Waals surface area (Å²) in [5.41, 5.74) is -0.0161. The maximum atomic E-state index is 9.64. The summed E-state index contributed by atoms with van der Waals surface area (Å²) >= 11 is 0. The van der Waals surface area contributed by atoms with Crippen molar-refractivity contribution < 1.29 is 5.11 Å². The lowest BCUT2D eigenvalue weighted by atomic mass is 9.87. The van der Waals surface area contributed by atoms with E-state index in [1.165, 1.54) is 6.54 Å². The molecule has 3 nitrogen and oxygen atoms in total. The normalized spacial score (nSPS) is 21.4. The monoisotopic (exact) mass is 242 g/mol. The van der Waals surface area contributed by atoms with Crippen LogP contribution in [0.25, 0.3) is 0 Å². The molecule has 0 aromatic carbocycles. The summed E-state index contributed by atoms with van der Waals surface area (Å²) in [5.74, 6) is 1.38. The zero-order valence-electron chi connectivity index (χ0n) is 12.0. The molecule has 0 aromatic heterocycles. The van der Waals surface area contributed by atoms with Crippen LogP contribution in [-0.4, -0.2) is 48.3 Å². The maximum absolute atomic E-state index is 9.64. The Morgan fingerprint density at radius 2 is 1.71 bits per heavy atom. The lowest BCUT2D eigenvalue weighted by molar-refractivity contribution is 0.0716. The Kier molecular flexibility index (Phi) is 5.90. The van der Waals surface area contributed by atoms with Gasteiger partial charge in [-0.05, 0) is 44.3 Å². The van der Waals surface area contributed by atoms with Crippen molar-refractivity contribution in [3.63, 3.8) is 0 Å². The highest BCUT2D eigenvalue weighted by Gasteiger charge is 2.33. The van der Waals surface area contributed by atoms with Crippen molar-refractivity contribution in [2.45, 2.75) is 46.1 Å². The highest BCUT2D eigenvalue weighted by Crippen LogP contribution is 2.22. The summed E-state index contributed by atoms with van der Waals surface area (Å²) in [5, 5.41) is 13.2. The third kappa shape index (κ3) is 4.94. The summed E-state index contributed by atoms with van der Waals surface area (Å²) < 4.78 is 0. The van der Waals surface area contributed by atoms with Crippen molar-refractivity contribution >= 4 is 0 Å². The van der Waals surface area contributed by atoms with Gasteiger partial charge in [0.25, 0.3) is 0 Å². The minimum Gasteiger partial charge on any atom is -0.394 e. The summed E-state index contributed by atoms with van der Waals surface area (Å²) in [7, 11) is 0. The van der Waals surface area contributed by atoms with Crippen LogP contribution < -0.4 is 5.32 Å². The molecule has 0 bridgehead atoms. The predicted octanol–water partition coefficient (Wildman–Crippen LogP) is 1.71. The Morgan fingerprint density at radius 1 is 1.12 bits per heavy atom. The zero-order valence-corrected chi connectivity index (χ0v) is 12.0. The molecule has 102 valence electrons. The first-order chi connectivity index (χ1) is 7.97. The van der Waals surface area contributed by atoms with E-state index < -0.39 is 0 Å². The molecular formula is C14H30N2O. The highest BCUT2D eigenvalue weighted by molar-refractivity contribution is 4.93. The number of nitrogens with zero attached hydrogens (tertiary/aromatic N) is 1. The second kappa shape index (κ2) is 6.72. The van der Waals surface area contributed by atoms with E-state index in [4.69, 9.17) is 0 Å². The molecule has 17 heavy (non-hydrogen) atoms. The average molecular weight is 242 g/mol. The van der Waals surface area contributed by atoms with E-state index in [0.717, 1.165) is 38.4 Å². The Labute approximate surface area is 107 Å². The molecule has 1 rings (SSSR count). The molecule has 0 amide bonds. The predicted molar refractivity (Wildman–Crippen MR) is 73.2 cm³/mol. The van der Waals surface area contributed by atoms with Crippen molar-refractivity contribution in [3.05, 3.63) is 0 Å². The third-order valence-electron chi connectivity index (χ3n) is 3.62. The van der Waals surface area contributed by atoms with E-state index in [2.05, 4.69) is 37.9 Å². The van der Waals surface area contributed by atoms with Crippen molar-refractivity contribution in [1.29, 1.82) is 0 Å². The van der Waals surface area contributed by atoms with Gasteiger partial charge in [-0.2, -0.15) is 0 Å². The van der Waals surface area contributed by atoms with E-state index >= 15 is 0 Å². The molecule has 0 aliphatic carbocycles. The van der Waals surface area contributed by atoms with Gasteiger partial charge in [0, 0.05) is 12.1 Å². The van der Waals surface area contributed by atoms with E-state index in [9.17, 15) is 5.11 Å². The minimum absolute atomic E-state index is 0.0161. The van der Waals surface area contributed by atoms with E-state index in [-0.39, 0.29) is 12.1 Å². The fraction of sp³-hybridized carbons (Fsp3) is 1.00. The molecule has 1 saturated heterocycles.